The molecule has 0 saturated carbocycles. The molecule has 2 atom stereocenters. The highest BCUT2D eigenvalue weighted by Gasteiger charge is 2.16. The van der Waals surface area contributed by atoms with Crippen LogP contribution in [-0.4, -0.2) is 10.2 Å². The fourth-order valence-electron chi connectivity index (χ4n) is 1.93. The molecule has 2 unspecified atom stereocenters. The van der Waals surface area contributed by atoms with Gasteiger partial charge in [0.15, 0.2) is 0 Å². The van der Waals surface area contributed by atoms with Crippen LogP contribution in [0.4, 0.5) is 4.39 Å². The Morgan fingerprint density at radius 2 is 1.95 bits per heavy atom. The van der Waals surface area contributed by atoms with Gasteiger partial charge in [-0.25, -0.2) is 4.39 Å². The summed E-state index contributed by atoms with van der Waals surface area (Å²) in [6, 6.07) is 2.76. The first-order valence-corrected chi connectivity index (χ1v) is 6.63. The normalized spacial score (nSPS) is 14.4. The van der Waals surface area contributed by atoms with Crippen LogP contribution in [0, 0.1) is 5.82 Å². The zero-order valence-corrected chi connectivity index (χ0v) is 12.1. The number of hydrogen-bond donors (Lipinski definition) is 2. The molecule has 3 nitrogen and oxygen atoms in total. The Hall–Kier alpha value is -1.10. The average Bonchev–Trinajstić information content (AvgIpc) is 2.87. The van der Waals surface area contributed by atoms with Gasteiger partial charge in [0.1, 0.15) is 5.82 Å². The van der Waals surface area contributed by atoms with Gasteiger partial charge in [-0.05, 0) is 31.5 Å². The van der Waals surface area contributed by atoms with Crippen LogP contribution >= 0.6 is 23.2 Å². The van der Waals surface area contributed by atoms with Gasteiger partial charge in [0.2, 0.25) is 0 Å². The monoisotopic (exact) mass is 301 g/mol. The lowest BCUT2D eigenvalue weighted by Crippen LogP contribution is -2.22. The van der Waals surface area contributed by atoms with Gasteiger partial charge in [0, 0.05) is 28.9 Å². The highest BCUT2D eigenvalue weighted by molar-refractivity contribution is 6.35. The van der Waals surface area contributed by atoms with Crippen molar-refractivity contribution in [3.63, 3.8) is 0 Å². The number of aromatic nitrogens is 2. The fraction of sp³-hybridized carbons (Fsp3) is 0.308. The molecule has 6 heteroatoms. The van der Waals surface area contributed by atoms with Crippen LogP contribution < -0.4 is 5.32 Å². The van der Waals surface area contributed by atoms with Gasteiger partial charge in [0.25, 0.3) is 0 Å². The van der Waals surface area contributed by atoms with Crippen LogP contribution in [0.2, 0.25) is 10.0 Å². The van der Waals surface area contributed by atoms with E-state index in [1.165, 1.54) is 12.1 Å². The molecule has 0 spiro atoms. The van der Waals surface area contributed by atoms with Crippen molar-refractivity contribution in [2.24, 2.45) is 0 Å². The molecule has 0 amide bonds. The number of hydrogen-bond acceptors (Lipinski definition) is 2. The summed E-state index contributed by atoms with van der Waals surface area (Å²) in [5.74, 6) is -0.467. The average molecular weight is 302 g/mol. The molecule has 0 aliphatic carbocycles. The van der Waals surface area contributed by atoms with E-state index < -0.39 is 5.82 Å². The molecule has 0 saturated heterocycles. The smallest absolute Gasteiger partial charge is 0.142 e. The minimum atomic E-state index is -0.467. The highest BCUT2D eigenvalue weighted by Crippen LogP contribution is 2.29. The van der Waals surface area contributed by atoms with Crippen LogP contribution in [0.25, 0.3) is 0 Å². The largest absolute Gasteiger partial charge is 0.303 e. The van der Waals surface area contributed by atoms with E-state index in [0.29, 0.717) is 10.6 Å². The Kier molecular flexibility index (Phi) is 4.45. The first-order chi connectivity index (χ1) is 8.99. The number of halogens is 3. The molecule has 1 aromatic heterocycles. The van der Waals surface area contributed by atoms with Gasteiger partial charge < -0.3 is 5.32 Å². The lowest BCUT2D eigenvalue weighted by Gasteiger charge is -2.20. The summed E-state index contributed by atoms with van der Waals surface area (Å²) in [5, 5.41) is 10.5. The second-order valence-corrected chi connectivity index (χ2v) is 5.24. The van der Waals surface area contributed by atoms with Crippen LogP contribution in [-0.2, 0) is 0 Å². The molecule has 102 valence electrons. The minimum Gasteiger partial charge on any atom is -0.303 e. The summed E-state index contributed by atoms with van der Waals surface area (Å²) in [6.45, 7) is 3.92. The van der Waals surface area contributed by atoms with Crippen molar-refractivity contribution < 1.29 is 4.39 Å². The fourth-order valence-corrected chi connectivity index (χ4v) is 2.48. The van der Waals surface area contributed by atoms with E-state index in [2.05, 4.69) is 15.5 Å². The third-order valence-electron chi connectivity index (χ3n) is 3.03. The van der Waals surface area contributed by atoms with E-state index >= 15 is 0 Å². The first-order valence-electron chi connectivity index (χ1n) is 5.88. The van der Waals surface area contributed by atoms with Crippen molar-refractivity contribution in [1.82, 2.24) is 15.5 Å². The topological polar surface area (TPSA) is 40.7 Å². The maximum Gasteiger partial charge on any atom is 0.142 e. The van der Waals surface area contributed by atoms with Crippen molar-refractivity contribution in [2.45, 2.75) is 25.9 Å². The highest BCUT2D eigenvalue weighted by atomic mass is 35.5. The number of benzene rings is 1. The van der Waals surface area contributed by atoms with Crippen molar-refractivity contribution >= 4 is 23.2 Å². The van der Waals surface area contributed by atoms with Crippen LogP contribution in [0.5, 0.6) is 0 Å². The Labute approximate surface area is 121 Å². The third kappa shape index (κ3) is 3.26. The Balaban J connectivity index is 2.16. The van der Waals surface area contributed by atoms with Crippen LogP contribution in [0.15, 0.2) is 24.5 Å². The van der Waals surface area contributed by atoms with Crippen LogP contribution in [0.1, 0.15) is 37.1 Å². The molecule has 0 fully saturated rings. The number of nitrogens with one attached hydrogen (secondary N) is 2. The quantitative estimate of drug-likeness (QED) is 0.828. The summed E-state index contributed by atoms with van der Waals surface area (Å²) in [6.07, 6.45) is 3.56. The van der Waals surface area contributed by atoms with Crippen molar-refractivity contribution in [2.75, 3.05) is 0 Å². The van der Waals surface area contributed by atoms with Gasteiger partial charge in [-0.2, -0.15) is 5.10 Å². The number of nitrogens with zero attached hydrogens (tertiary/aromatic N) is 1. The van der Waals surface area contributed by atoms with Crippen LogP contribution in [0.3, 0.4) is 0 Å². The third-order valence-corrected chi connectivity index (χ3v) is 3.64. The molecule has 1 heterocycles. The maximum atomic E-state index is 13.5. The van der Waals surface area contributed by atoms with E-state index in [-0.39, 0.29) is 17.1 Å². The van der Waals surface area contributed by atoms with E-state index in [1.807, 2.05) is 20.0 Å². The van der Waals surface area contributed by atoms with Crippen molar-refractivity contribution in [3.8, 4) is 0 Å². The summed E-state index contributed by atoms with van der Waals surface area (Å²) in [5.41, 5.74) is 1.70. The standard InChI is InChI=1S/C13H14Cl2FN3/c1-7(9-5-17-18-6-9)19-8(2)10-3-13(16)12(15)4-11(10)14/h3-8,19H,1-2H3,(H,17,18). The molecule has 1 aromatic carbocycles. The molecular formula is C13H14Cl2FN3. The Morgan fingerprint density at radius 3 is 2.58 bits per heavy atom. The first kappa shape index (κ1) is 14.3. The second-order valence-electron chi connectivity index (χ2n) is 4.43. The van der Waals surface area contributed by atoms with E-state index in [0.717, 1.165) is 5.56 Å². The van der Waals surface area contributed by atoms with E-state index in [1.54, 1.807) is 6.20 Å². The predicted octanol–water partition coefficient (Wildman–Crippen LogP) is 4.27. The number of rotatable bonds is 4. The molecule has 2 aromatic rings. The summed E-state index contributed by atoms with van der Waals surface area (Å²) >= 11 is 11.8. The van der Waals surface area contributed by atoms with Gasteiger partial charge in [-0.3, -0.25) is 5.10 Å². The van der Waals surface area contributed by atoms with Gasteiger partial charge >= 0.3 is 0 Å². The SMILES string of the molecule is CC(NC(C)c1cc(F)c(Cl)cc1Cl)c1cn[nH]c1. The Bertz CT molecular complexity index is 557. The molecule has 0 bridgehead atoms. The lowest BCUT2D eigenvalue weighted by molar-refractivity contribution is 0.492. The number of aromatic amines is 1. The number of H-pyrrole nitrogens is 1. The van der Waals surface area contributed by atoms with Gasteiger partial charge in [-0.1, -0.05) is 23.2 Å². The zero-order chi connectivity index (χ0) is 14.0. The zero-order valence-electron chi connectivity index (χ0n) is 10.5. The van der Waals surface area contributed by atoms with Gasteiger partial charge in [-0.15, -0.1) is 0 Å². The Morgan fingerprint density at radius 1 is 1.21 bits per heavy atom. The lowest BCUT2D eigenvalue weighted by atomic mass is 10.1. The molecule has 0 radical (unpaired) electrons. The van der Waals surface area contributed by atoms with Gasteiger partial charge in [0.05, 0.1) is 11.2 Å². The molecular weight excluding hydrogens is 288 g/mol. The maximum absolute atomic E-state index is 13.5. The molecule has 2 rings (SSSR count). The second kappa shape index (κ2) is 5.90. The molecule has 0 aliphatic rings. The minimum absolute atomic E-state index is 0.0313. The molecule has 2 N–H and O–H groups in total. The summed E-state index contributed by atoms with van der Waals surface area (Å²) < 4.78 is 13.5. The van der Waals surface area contributed by atoms with Crippen molar-refractivity contribution in [1.29, 1.82) is 0 Å². The van der Waals surface area contributed by atoms with E-state index in [4.69, 9.17) is 23.2 Å². The molecule has 19 heavy (non-hydrogen) atoms. The molecule has 0 aliphatic heterocycles. The predicted molar refractivity (Wildman–Crippen MR) is 75.0 cm³/mol. The van der Waals surface area contributed by atoms with E-state index in [9.17, 15) is 4.39 Å². The summed E-state index contributed by atoms with van der Waals surface area (Å²) in [4.78, 5) is 0. The van der Waals surface area contributed by atoms with Crippen molar-refractivity contribution in [3.05, 3.63) is 51.5 Å². The summed E-state index contributed by atoms with van der Waals surface area (Å²) in [7, 11) is 0.